The molecule has 3 aromatic rings. The van der Waals surface area contributed by atoms with Crippen LogP contribution in [-0.4, -0.2) is 44.2 Å². The zero-order valence-electron chi connectivity index (χ0n) is 20.5. The number of para-hydroxylation sites is 1. The largest absolute Gasteiger partial charge is 0.462 e. The van der Waals surface area contributed by atoms with Gasteiger partial charge in [-0.25, -0.2) is 19.5 Å². The molecule has 0 fully saturated rings. The van der Waals surface area contributed by atoms with Gasteiger partial charge in [0.15, 0.2) is 10.8 Å². The molecule has 2 aromatic heterocycles. The first-order valence-electron chi connectivity index (χ1n) is 11.7. The lowest BCUT2D eigenvalue weighted by Crippen LogP contribution is -2.36. The average molecular weight is 534 g/mol. The highest BCUT2D eigenvalue weighted by atomic mass is 35.5. The predicted molar refractivity (Wildman–Crippen MR) is 136 cm³/mol. The molecule has 2 heterocycles. The first-order chi connectivity index (χ1) is 17.1. The molecule has 0 saturated heterocycles. The van der Waals surface area contributed by atoms with E-state index in [0.29, 0.717) is 34.3 Å². The number of nitrogens with one attached hydrogen (secondary N) is 1. The number of carbonyl (C=O) groups excluding carboxylic acids is 1. The lowest BCUT2D eigenvalue weighted by atomic mass is 10.1. The molecule has 0 spiro atoms. The quantitative estimate of drug-likeness (QED) is 0.165. The topological polar surface area (TPSA) is 117 Å². The Morgan fingerprint density at radius 1 is 1.22 bits per heavy atom. The molecule has 1 aliphatic carbocycles. The smallest absolute Gasteiger partial charge is 0.459 e. The van der Waals surface area contributed by atoms with E-state index >= 15 is 0 Å². The highest BCUT2D eigenvalue weighted by molar-refractivity contribution is 7.52. The highest BCUT2D eigenvalue weighted by Gasteiger charge is 2.34. The van der Waals surface area contributed by atoms with Crippen molar-refractivity contribution in [2.24, 2.45) is 5.92 Å². The van der Waals surface area contributed by atoms with Crippen molar-refractivity contribution in [2.45, 2.75) is 52.3 Å². The summed E-state index contributed by atoms with van der Waals surface area (Å²) in [5.41, 5.74) is 1.20. The summed E-state index contributed by atoms with van der Waals surface area (Å²) in [4.78, 5) is 25.3. The van der Waals surface area contributed by atoms with E-state index in [9.17, 15) is 9.36 Å². The maximum absolute atomic E-state index is 13.7. The molecule has 10 nitrogen and oxygen atoms in total. The third kappa shape index (κ3) is 6.31. The van der Waals surface area contributed by atoms with Crippen LogP contribution in [0.3, 0.4) is 0 Å². The van der Waals surface area contributed by atoms with E-state index in [1.54, 1.807) is 58.3 Å². The van der Waals surface area contributed by atoms with Crippen LogP contribution in [0.15, 0.2) is 48.8 Å². The molecule has 4 rings (SSSR count). The summed E-state index contributed by atoms with van der Waals surface area (Å²) in [6.07, 6.45) is 6.08. The van der Waals surface area contributed by atoms with E-state index in [-0.39, 0.29) is 24.7 Å². The Balaban J connectivity index is 1.45. The van der Waals surface area contributed by atoms with Crippen LogP contribution in [0, 0.1) is 12.8 Å². The molecule has 1 aromatic carbocycles. The number of halogens is 1. The van der Waals surface area contributed by atoms with Crippen LogP contribution < -0.4 is 9.61 Å². The van der Waals surface area contributed by atoms with Gasteiger partial charge in [0.1, 0.15) is 23.1 Å². The number of nitrogens with zero attached hydrogens (tertiary/aromatic N) is 4. The minimum atomic E-state index is -3.92. The molecule has 1 aliphatic rings. The monoisotopic (exact) mass is 533 g/mol. The number of esters is 1. The Kier molecular flexibility index (Phi) is 8.10. The molecule has 192 valence electrons. The highest BCUT2D eigenvalue weighted by Crippen LogP contribution is 2.46. The van der Waals surface area contributed by atoms with Gasteiger partial charge in [-0.05, 0) is 46.2 Å². The summed E-state index contributed by atoms with van der Waals surface area (Å²) in [6.45, 7) is 6.93. The van der Waals surface area contributed by atoms with Crippen molar-refractivity contribution in [1.29, 1.82) is 0 Å². The molecular formula is C24H29ClN5O5P. The summed E-state index contributed by atoms with van der Waals surface area (Å²) in [5, 5.41) is 3.03. The number of fused-ring (bicyclic) bond motifs is 1. The number of rotatable bonds is 10. The Morgan fingerprint density at radius 2 is 1.97 bits per heavy atom. The van der Waals surface area contributed by atoms with Gasteiger partial charge in [0.2, 0.25) is 0 Å². The predicted octanol–water partition coefficient (Wildman–Crippen LogP) is 5.04. The molecule has 36 heavy (non-hydrogen) atoms. The van der Waals surface area contributed by atoms with E-state index in [2.05, 4.69) is 20.0 Å². The second-order valence-corrected chi connectivity index (χ2v) is 10.9. The van der Waals surface area contributed by atoms with Crippen LogP contribution in [0.1, 0.15) is 39.1 Å². The van der Waals surface area contributed by atoms with Gasteiger partial charge in [0.25, 0.3) is 0 Å². The van der Waals surface area contributed by atoms with Gasteiger partial charge in [-0.1, -0.05) is 42.0 Å². The molecule has 0 aliphatic heterocycles. The fourth-order valence-corrected chi connectivity index (χ4v) is 5.64. The van der Waals surface area contributed by atoms with Crippen molar-refractivity contribution in [3.05, 3.63) is 59.8 Å². The van der Waals surface area contributed by atoms with Gasteiger partial charge in [0.05, 0.1) is 25.1 Å². The Morgan fingerprint density at radius 3 is 2.69 bits per heavy atom. The SMILES string of the molecule is Cc1nc(Cl)c2ncn([C@H]3C=C[C@@H](COP(=O)(N[C@@H](C)C(=O)OC(C)C)Oc4ccccc4)C3)c2n1. The van der Waals surface area contributed by atoms with Gasteiger partial charge in [-0.3, -0.25) is 9.32 Å². The molecule has 0 amide bonds. The second kappa shape index (κ2) is 11.1. The maximum atomic E-state index is 13.7. The number of aromatic nitrogens is 4. The number of aryl methyl sites for hydroxylation is 1. The van der Waals surface area contributed by atoms with Crippen molar-refractivity contribution in [2.75, 3.05) is 6.61 Å². The number of hydrogen-bond donors (Lipinski definition) is 1. The Bertz CT molecular complexity index is 1300. The molecule has 1 unspecified atom stereocenters. The number of hydrogen-bond acceptors (Lipinski definition) is 8. The summed E-state index contributed by atoms with van der Waals surface area (Å²) in [5.74, 6) is 0.313. The minimum absolute atomic E-state index is 0.0312. The molecule has 0 bridgehead atoms. The van der Waals surface area contributed by atoms with E-state index < -0.39 is 19.8 Å². The van der Waals surface area contributed by atoms with Gasteiger partial charge >= 0.3 is 13.7 Å². The lowest BCUT2D eigenvalue weighted by molar-refractivity contribution is -0.149. The minimum Gasteiger partial charge on any atom is -0.462 e. The zero-order chi connectivity index (χ0) is 25.9. The lowest BCUT2D eigenvalue weighted by Gasteiger charge is -2.24. The van der Waals surface area contributed by atoms with E-state index in [1.165, 1.54) is 0 Å². The Labute approximate surface area is 214 Å². The first-order valence-corrected chi connectivity index (χ1v) is 13.6. The fraction of sp³-hybridized carbons (Fsp3) is 0.417. The van der Waals surface area contributed by atoms with Gasteiger partial charge < -0.3 is 13.8 Å². The third-order valence-electron chi connectivity index (χ3n) is 5.48. The van der Waals surface area contributed by atoms with Crippen molar-refractivity contribution in [3.8, 4) is 5.75 Å². The maximum Gasteiger partial charge on any atom is 0.459 e. The first kappa shape index (κ1) is 26.3. The van der Waals surface area contributed by atoms with E-state index in [1.807, 2.05) is 22.8 Å². The normalized spacial score (nSPS) is 19.9. The second-order valence-electron chi connectivity index (χ2n) is 8.87. The summed E-state index contributed by atoms with van der Waals surface area (Å²) in [6, 6.07) is 7.73. The average Bonchev–Trinajstić information content (AvgIpc) is 3.45. The van der Waals surface area contributed by atoms with Crippen LogP contribution in [0.2, 0.25) is 5.15 Å². The molecule has 0 saturated carbocycles. The molecular weight excluding hydrogens is 505 g/mol. The third-order valence-corrected chi connectivity index (χ3v) is 7.39. The molecule has 4 atom stereocenters. The van der Waals surface area contributed by atoms with E-state index in [0.717, 1.165) is 0 Å². The van der Waals surface area contributed by atoms with Crippen LogP contribution in [0.25, 0.3) is 11.2 Å². The van der Waals surface area contributed by atoms with Crippen molar-refractivity contribution < 1.29 is 23.1 Å². The van der Waals surface area contributed by atoms with Gasteiger partial charge in [-0.2, -0.15) is 5.09 Å². The molecule has 12 heteroatoms. The van der Waals surface area contributed by atoms with E-state index in [4.69, 9.17) is 25.4 Å². The van der Waals surface area contributed by atoms with Crippen LogP contribution >= 0.6 is 19.3 Å². The summed E-state index contributed by atoms with van der Waals surface area (Å²) >= 11 is 6.22. The van der Waals surface area contributed by atoms with Crippen molar-refractivity contribution >= 4 is 36.5 Å². The van der Waals surface area contributed by atoms with Gasteiger partial charge in [-0.15, -0.1) is 0 Å². The summed E-state index contributed by atoms with van der Waals surface area (Å²) < 4.78 is 32.4. The number of carbonyl (C=O) groups is 1. The van der Waals surface area contributed by atoms with Gasteiger partial charge in [0, 0.05) is 5.92 Å². The Hall–Kier alpha value is -2.78. The fourth-order valence-electron chi connectivity index (χ4n) is 3.84. The van der Waals surface area contributed by atoms with Crippen LogP contribution in [0.4, 0.5) is 0 Å². The molecule has 1 N–H and O–H groups in total. The number of allylic oxidation sites excluding steroid dienone is 1. The molecule has 0 radical (unpaired) electrons. The van der Waals surface area contributed by atoms with Crippen LogP contribution in [0.5, 0.6) is 5.75 Å². The number of imidazole rings is 1. The van der Waals surface area contributed by atoms with Crippen molar-refractivity contribution in [3.63, 3.8) is 0 Å². The number of benzene rings is 1. The summed E-state index contributed by atoms with van der Waals surface area (Å²) in [7, 11) is -3.92. The number of ether oxygens (including phenoxy) is 1. The van der Waals surface area contributed by atoms with Crippen LogP contribution in [-0.2, 0) is 18.6 Å². The zero-order valence-corrected chi connectivity index (χ0v) is 22.1. The standard InChI is InChI=1S/C24H29ClN5O5P/c1-15(2)34-24(31)16(3)29-36(32,35-20-8-6-5-7-9-20)33-13-18-10-11-19(12-18)30-14-26-21-22(25)27-17(4)28-23(21)30/h5-11,14-16,18-19H,12-13H2,1-4H3,(H,29,32)/t16-,18+,19-,36?/m0/s1. The van der Waals surface area contributed by atoms with Crippen molar-refractivity contribution in [1.82, 2.24) is 24.6 Å².